The van der Waals surface area contributed by atoms with Crippen molar-refractivity contribution in [2.45, 2.75) is 38.1 Å². The molecule has 5 heteroatoms. The number of nitrogens with zero attached hydrogens (tertiary/aromatic N) is 2. The van der Waals surface area contributed by atoms with Gasteiger partial charge in [-0.1, -0.05) is 19.9 Å². The number of sulfonamides is 1. The van der Waals surface area contributed by atoms with E-state index in [1.807, 2.05) is 26.8 Å². The molecule has 0 amide bonds. The second kappa shape index (κ2) is 5.98. The summed E-state index contributed by atoms with van der Waals surface area (Å²) in [6.07, 6.45) is 0.755. The third-order valence-corrected chi connectivity index (χ3v) is 5.05. The minimum atomic E-state index is -3.51. The molecular weight excluding hydrogens is 248 g/mol. The zero-order valence-electron chi connectivity index (χ0n) is 10.9. The molecule has 0 aliphatic carbocycles. The van der Waals surface area contributed by atoms with Crippen molar-refractivity contribution < 1.29 is 8.42 Å². The van der Waals surface area contributed by atoms with Gasteiger partial charge in [-0.25, -0.2) is 8.42 Å². The quantitative estimate of drug-likeness (QED) is 0.822. The van der Waals surface area contributed by atoms with Gasteiger partial charge in [0.2, 0.25) is 10.0 Å². The van der Waals surface area contributed by atoms with E-state index in [0.29, 0.717) is 12.1 Å². The van der Waals surface area contributed by atoms with E-state index >= 15 is 0 Å². The van der Waals surface area contributed by atoms with Crippen molar-refractivity contribution in [3.05, 3.63) is 29.8 Å². The molecule has 0 aliphatic heterocycles. The first-order valence-electron chi connectivity index (χ1n) is 5.99. The van der Waals surface area contributed by atoms with Gasteiger partial charge in [0.25, 0.3) is 0 Å². The van der Waals surface area contributed by atoms with E-state index in [2.05, 4.69) is 0 Å². The van der Waals surface area contributed by atoms with Crippen LogP contribution >= 0.6 is 0 Å². The van der Waals surface area contributed by atoms with Gasteiger partial charge >= 0.3 is 0 Å². The largest absolute Gasteiger partial charge is 0.243 e. The van der Waals surface area contributed by atoms with E-state index in [-0.39, 0.29) is 10.9 Å². The highest BCUT2D eigenvalue weighted by Gasteiger charge is 2.26. The summed E-state index contributed by atoms with van der Waals surface area (Å²) in [5.74, 6) is 0. The average Bonchev–Trinajstić information content (AvgIpc) is 2.39. The minimum Gasteiger partial charge on any atom is -0.207 e. The Morgan fingerprint density at radius 2 is 2.06 bits per heavy atom. The molecule has 0 fully saturated rings. The van der Waals surface area contributed by atoms with Crippen LogP contribution in [-0.2, 0) is 10.0 Å². The highest BCUT2D eigenvalue weighted by atomic mass is 32.2. The highest BCUT2D eigenvalue weighted by molar-refractivity contribution is 7.89. The average molecular weight is 266 g/mol. The highest BCUT2D eigenvalue weighted by Crippen LogP contribution is 2.20. The van der Waals surface area contributed by atoms with Crippen molar-refractivity contribution in [1.82, 2.24) is 4.31 Å². The molecule has 98 valence electrons. The summed E-state index contributed by atoms with van der Waals surface area (Å²) in [6.45, 7) is 6.08. The van der Waals surface area contributed by atoms with Crippen LogP contribution < -0.4 is 0 Å². The Hall–Kier alpha value is -1.38. The van der Waals surface area contributed by atoms with Gasteiger partial charge in [-0.15, -0.1) is 0 Å². The Bertz CT molecular complexity index is 546. The first kappa shape index (κ1) is 14.7. The third kappa shape index (κ3) is 2.89. The molecule has 18 heavy (non-hydrogen) atoms. The van der Waals surface area contributed by atoms with E-state index in [4.69, 9.17) is 5.26 Å². The number of hydrogen-bond donors (Lipinski definition) is 0. The fourth-order valence-electron chi connectivity index (χ4n) is 1.78. The lowest BCUT2D eigenvalue weighted by Crippen LogP contribution is -2.38. The summed E-state index contributed by atoms with van der Waals surface area (Å²) in [4.78, 5) is 0.184. The zero-order chi connectivity index (χ0) is 13.8. The molecule has 0 radical (unpaired) electrons. The second-order valence-corrected chi connectivity index (χ2v) is 6.00. The van der Waals surface area contributed by atoms with Crippen LogP contribution in [0.15, 0.2) is 29.2 Å². The number of nitriles is 1. The van der Waals surface area contributed by atoms with Crippen molar-refractivity contribution in [1.29, 1.82) is 5.26 Å². The Morgan fingerprint density at radius 1 is 1.39 bits per heavy atom. The maximum absolute atomic E-state index is 12.4. The summed E-state index contributed by atoms with van der Waals surface area (Å²) < 4.78 is 26.4. The fraction of sp³-hybridized carbons (Fsp3) is 0.462. The van der Waals surface area contributed by atoms with E-state index in [9.17, 15) is 8.42 Å². The molecule has 0 aliphatic rings. The second-order valence-electron chi connectivity index (χ2n) is 4.11. The molecule has 1 aromatic carbocycles. The lowest BCUT2D eigenvalue weighted by molar-refractivity contribution is 0.342. The van der Waals surface area contributed by atoms with Gasteiger partial charge in [-0.3, -0.25) is 0 Å². The van der Waals surface area contributed by atoms with Crippen molar-refractivity contribution in [3.63, 3.8) is 0 Å². The van der Waals surface area contributed by atoms with Crippen LogP contribution in [0, 0.1) is 11.3 Å². The van der Waals surface area contributed by atoms with Crippen molar-refractivity contribution in [2.24, 2.45) is 0 Å². The van der Waals surface area contributed by atoms with Crippen LogP contribution in [0.5, 0.6) is 0 Å². The number of rotatable bonds is 5. The van der Waals surface area contributed by atoms with Gasteiger partial charge in [0.15, 0.2) is 0 Å². The van der Waals surface area contributed by atoms with Gasteiger partial charge in [-0.05, 0) is 31.5 Å². The summed E-state index contributed by atoms with van der Waals surface area (Å²) in [6, 6.07) is 8.04. The monoisotopic (exact) mass is 266 g/mol. The van der Waals surface area contributed by atoms with Crippen LogP contribution in [0.25, 0.3) is 0 Å². The summed E-state index contributed by atoms with van der Waals surface area (Å²) >= 11 is 0. The van der Waals surface area contributed by atoms with Crippen LogP contribution in [0.4, 0.5) is 0 Å². The third-order valence-electron chi connectivity index (χ3n) is 2.96. The molecule has 0 heterocycles. The normalized spacial score (nSPS) is 13.3. The van der Waals surface area contributed by atoms with Gasteiger partial charge in [0.1, 0.15) is 0 Å². The van der Waals surface area contributed by atoms with Crippen LogP contribution in [-0.4, -0.2) is 25.3 Å². The minimum absolute atomic E-state index is 0.0502. The Kier molecular flexibility index (Phi) is 4.88. The lowest BCUT2D eigenvalue weighted by Gasteiger charge is -2.26. The van der Waals surface area contributed by atoms with Gasteiger partial charge in [0, 0.05) is 12.6 Å². The van der Waals surface area contributed by atoms with E-state index in [0.717, 1.165) is 6.42 Å². The van der Waals surface area contributed by atoms with E-state index < -0.39 is 10.0 Å². The molecule has 0 bridgehead atoms. The van der Waals surface area contributed by atoms with Gasteiger partial charge in [-0.2, -0.15) is 9.57 Å². The summed E-state index contributed by atoms with van der Waals surface area (Å²) in [7, 11) is -3.51. The Labute approximate surface area is 109 Å². The predicted octanol–water partition coefficient (Wildman–Crippen LogP) is 2.37. The molecule has 1 unspecified atom stereocenters. The number of benzene rings is 1. The molecule has 0 spiro atoms. The molecule has 0 saturated heterocycles. The smallest absolute Gasteiger partial charge is 0.207 e. The molecule has 0 aromatic heterocycles. The fourth-order valence-corrected chi connectivity index (χ4v) is 3.54. The first-order chi connectivity index (χ1) is 8.47. The van der Waals surface area contributed by atoms with Crippen molar-refractivity contribution >= 4 is 10.0 Å². The van der Waals surface area contributed by atoms with Crippen LogP contribution in [0.3, 0.4) is 0 Å². The first-order valence-corrected chi connectivity index (χ1v) is 7.43. The van der Waals surface area contributed by atoms with Crippen LogP contribution in [0.2, 0.25) is 0 Å². The molecule has 4 nitrogen and oxygen atoms in total. The SMILES string of the molecule is CCC(C)N(CC)S(=O)(=O)c1cccc(C#N)c1. The van der Waals surface area contributed by atoms with Crippen molar-refractivity contribution in [2.75, 3.05) is 6.54 Å². The molecule has 0 N–H and O–H groups in total. The Balaban J connectivity index is 3.23. The van der Waals surface area contributed by atoms with E-state index in [1.54, 1.807) is 12.1 Å². The molecule has 1 aromatic rings. The molecular formula is C13H18N2O2S. The van der Waals surface area contributed by atoms with Crippen molar-refractivity contribution in [3.8, 4) is 6.07 Å². The zero-order valence-corrected chi connectivity index (χ0v) is 11.7. The Morgan fingerprint density at radius 3 is 2.56 bits per heavy atom. The van der Waals surface area contributed by atoms with Gasteiger partial charge < -0.3 is 0 Å². The number of hydrogen-bond acceptors (Lipinski definition) is 3. The summed E-state index contributed by atoms with van der Waals surface area (Å²) in [5.41, 5.74) is 0.358. The topological polar surface area (TPSA) is 61.2 Å². The van der Waals surface area contributed by atoms with Gasteiger partial charge in [0.05, 0.1) is 16.5 Å². The van der Waals surface area contributed by atoms with E-state index in [1.165, 1.54) is 16.4 Å². The predicted molar refractivity (Wildman–Crippen MR) is 70.5 cm³/mol. The molecule has 1 rings (SSSR count). The summed E-state index contributed by atoms with van der Waals surface area (Å²) in [5, 5.41) is 8.82. The standard InChI is InChI=1S/C13H18N2O2S/c1-4-11(3)15(5-2)18(16,17)13-8-6-7-12(9-13)10-14/h6-9,11H,4-5H2,1-3H3. The van der Waals surface area contributed by atoms with Crippen LogP contribution in [0.1, 0.15) is 32.8 Å². The lowest BCUT2D eigenvalue weighted by atomic mass is 10.2. The maximum atomic E-state index is 12.4. The molecule has 1 atom stereocenters. The molecule has 0 saturated carbocycles. The maximum Gasteiger partial charge on any atom is 0.243 e.